The molecule has 0 aliphatic carbocycles. The molecule has 128 valence electrons. The fourth-order valence-electron chi connectivity index (χ4n) is 3.47. The van der Waals surface area contributed by atoms with Gasteiger partial charge in [-0.3, -0.25) is 4.79 Å². The molecule has 5 heteroatoms. The van der Waals surface area contributed by atoms with Gasteiger partial charge in [-0.15, -0.1) is 0 Å². The molecule has 2 heterocycles. The van der Waals surface area contributed by atoms with E-state index in [1.54, 1.807) is 0 Å². The van der Waals surface area contributed by atoms with Crippen LogP contribution in [0, 0.1) is 0 Å². The topological polar surface area (TPSA) is 54.1 Å². The lowest BCUT2D eigenvalue weighted by atomic mass is 9.90. The second kappa shape index (κ2) is 6.90. The Labute approximate surface area is 151 Å². The van der Waals surface area contributed by atoms with Crippen LogP contribution in [0.2, 0.25) is 5.02 Å². The number of H-pyrrole nitrogens is 1. The van der Waals surface area contributed by atoms with Crippen LogP contribution in [-0.4, -0.2) is 30.1 Å². The Hall–Kier alpha value is -2.30. The van der Waals surface area contributed by atoms with E-state index in [1.807, 2.05) is 42.6 Å². The molecule has 2 N–H and O–H groups in total. The summed E-state index contributed by atoms with van der Waals surface area (Å²) in [4.78, 5) is 15.1. The summed E-state index contributed by atoms with van der Waals surface area (Å²) < 4.78 is 5.05. The van der Waals surface area contributed by atoms with Gasteiger partial charge < -0.3 is 15.0 Å². The van der Waals surface area contributed by atoms with E-state index in [1.165, 1.54) is 10.9 Å². The van der Waals surface area contributed by atoms with E-state index in [9.17, 15) is 4.79 Å². The van der Waals surface area contributed by atoms with Crippen molar-refractivity contribution in [3.63, 3.8) is 0 Å². The Morgan fingerprint density at radius 1 is 1.16 bits per heavy atom. The molecular formula is C20H19ClN2O2. The Bertz CT molecular complexity index is 905. The average molecular weight is 355 g/mol. The van der Waals surface area contributed by atoms with Gasteiger partial charge in [-0.05, 0) is 23.3 Å². The summed E-state index contributed by atoms with van der Waals surface area (Å²) >= 11 is 6.48. The lowest BCUT2D eigenvalue weighted by Gasteiger charge is -2.20. The van der Waals surface area contributed by atoms with Gasteiger partial charge in [-0.1, -0.05) is 48.0 Å². The number of esters is 1. The van der Waals surface area contributed by atoms with Crippen molar-refractivity contribution in [1.82, 2.24) is 10.3 Å². The molecule has 0 radical (unpaired) electrons. The molecule has 1 aliphatic rings. The van der Waals surface area contributed by atoms with Gasteiger partial charge in [0.15, 0.2) is 0 Å². The molecule has 4 rings (SSSR count). The minimum absolute atomic E-state index is 0.0400. The molecule has 1 saturated heterocycles. The Morgan fingerprint density at radius 3 is 2.76 bits per heavy atom. The summed E-state index contributed by atoms with van der Waals surface area (Å²) in [5.74, 6) is -0.130. The maximum absolute atomic E-state index is 11.8. The smallest absolute Gasteiger partial charge is 0.323 e. The standard InChI is InChI=1S/C20H19ClN2O2/c21-17-7-3-1-5-13(17)15(11-23-19-9-10-25-20(19)24)16-12-22-18-8-4-2-6-14(16)18/h1-8,12,15,19,22-23H,9-11H2. The SMILES string of the molecule is O=C1OCCC1NCC(c1ccccc1Cl)c1c[nH]c2ccccc12. The van der Waals surface area contributed by atoms with Gasteiger partial charge in [-0.25, -0.2) is 0 Å². The van der Waals surface area contributed by atoms with E-state index < -0.39 is 0 Å². The number of aromatic nitrogens is 1. The molecule has 2 unspecified atom stereocenters. The number of fused-ring (bicyclic) bond motifs is 1. The van der Waals surface area contributed by atoms with E-state index in [-0.39, 0.29) is 17.9 Å². The van der Waals surface area contributed by atoms with Crippen molar-refractivity contribution in [1.29, 1.82) is 0 Å². The molecule has 4 nitrogen and oxygen atoms in total. The van der Waals surface area contributed by atoms with E-state index in [4.69, 9.17) is 16.3 Å². The molecule has 0 saturated carbocycles. The second-order valence-corrected chi connectivity index (χ2v) is 6.69. The number of para-hydroxylation sites is 1. The molecule has 0 amide bonds. The van der Waals surface area contributed by atoms with Crippen LogP contribution in [0.1, 0.15) is 23.5 Å². The normalized spacial score (nSPS) is 18.4. The predicted molar refractivity (Wildman–Crippen MR) is 99.0 cm³/mol. The number of benzene rings is 2. The number of carbonyl (C=O) groups excluding carboxylic acids is 1. The Morgan fingerprint density at radius 2 is 1.96 bits per heavy atom. The van der Waals surface area contributed by atoms with Gasteiger partial charge in [-0.2, -0.15) is 0 Å². The zero-order valence-corrected chi connectivity index (χ0v) is 14.4. The van der Waals surface area contributed by atoms with Crippen molar-refractivity contribution in [3.8, 4) is 0 Å². The molecule has 3 aromatic rings. The van der Waals surface area contributed by atoms with Crippen molar-refractivity contribution in [2.75, 3.05) is 13.2 Å². The first-order chi connectivity index (χ1) is 12.2. The molecule has 1 fully saturated rings. The number of aromatic amines is 1. The highest BCUT2D eigenvalue weighted by Crippen LogP contribution is 2.34. The first-order valence-corrected chi connectivity index (χ1v) is 8.82. The number of nitrogens with one attached hydrogen (secondary N) is 2. The number of halogens is 1. The van der Waals surface area contributed by atoms with Gasteiger partial charge in [0.05, 0.1) is 6.61 Å². The molecule has 1 aromatic heterocycles. The minimum Gasteiger partial charge on any atom is -0.464 e. The summed E-state index contributed by atoms with van der Waals surface area (Å²) in [6.45, 7) is 1.10. The highest BCUT2D eigenvalue weighted by Gasteiger charge is 2.28. The Balaban J connectivity index is 1.71. The largest absolute Gasteiger partial charge is 0.464 e. The van der Waals surface area contributed by atoms with Crippen molar-refractivity contribution in [3.05, 3.63) is 70.9 Å². The first kappa shape index (κ1) is 16.2. The average Bonchev–Trinajstić information content (AvgIpc) is 3.23. The summed E-state index contributed by atoms with van der Waals surface area (Å²) in [6, 6.07) is 15.8. The minimum atomic E-state index is -0.241. The number of cyclic esters (lactones) is 1. The molecule has 1 aliphatic heterocycles. The van der Waals surface area contributed by atoms with Crippen LogP contribution < -0.4 is 5.32 Å². The number of ether oxygens (including phenoxy) is 1. The second-order valence-electron chi connectivity index (χ2n) is 6.28. The zero-order chi connectivity index (χ0) is 17.2. The third-order valence-electron chi connectivity index (χ3n) is 4.78. The summed E-state index contributed by atoms with van der Waals surface area (Å²) in [5, 5.41) is 5.26. The van der Waals surface area contributed by atoms with Gasteiger partial charge >= 0.3 is 5.97 Å². The van der Waals surface area contributed by atoms with Crippen LogP contribution in [-0.2, 0) is 9.53 Å². The number of hydrogen-bond donors (Lipinski definition) is 2. The molecule has 2 aromatic carbocycles. The summed E-state index contributed by atoms with van der Waals surface area (Å²) in [5.41, 5.74) is 3.31. The van der Waals surface area contributed by atoms with Crippen LogP contribution >= 0.6 is 11.6 Å². The van der Waals surface area contributed by atoms with Gasteiger partial charge in [0.1, 0.15) is 6.04 Å². The number of hydrogen-bond acceptors (Lipinski definition) is 3. The van der Waals surface area contributed by atoms with Gasteiger partial charge in [0, 0.05) is 41.0 Å². The van der Waals surface area contributed by atoms with Crippen molar-refractivity contribution in [2.24, 2.45) is 0 Å². The fourth-order valence-corrected chi connectivity index (χ4v) is 3.74. The quantitative estimate of drug-likeness (QED) is 0.684. The molecule has 0 spiro atoms. The maximum atomic E-state index is 11.8. The zero-order valence-electron chi connectivity index (χ0n) is 13.7. The van der Waals surface area contributed by atoms with Gasteiger partial charge in [0.2, 0.25) is 0 Å². The van der Waals surface area contributed by atoms with Crippen LogP contribution in [0.3, 0.4) is 0 Å². The fraction of sp³-hybridized carbons (Fsp3) is 0.250. The summed E-state index contributed by atoms with van der Waals surface area (Å²) in [7, 11) is 0. The number of rotatable bonds is 5. The van der Waals surface area contributed by atoms with Gasteiger partial charge in [0.25, 0.3) is 0 Å². The first-order valence-electron chi connectivity index (χ1n) is 8.44. The van der Waals surface area contributed by atoms with Crippen molar-refractivity contribution >= 4 is 28.5 Å². The Kier molecular flexibility index (Phi) is 4.47. The highest BCUT2D eigenvalue weighted by molar-refractivity contribution is 6.31. The van der Waals surface area contributed by atoms with Crippen LogP contribution in [0.4, 0.5) is 0 Å². The predicted octanol–water partition coefficient (Wildman–Crippen LogP) is 3.86. The lowest BCUT2D eigenvalue weighted by Crippen LogP contribution is -2.36. The van der Waals surface area contributed by atoms with E-state index in [2.05, 4.69) is 22.4 Å². The van der Waals surface area contributed by atoms with Crippen LogP contribution in [0.5, 0.6) is 0 Å². The highest BCUT2D eigenvalue weighted by atomic mass is 35.5. The van der Waals surface area contributed by atoms with Crippen LogP contribution in [0.15, 0.2) is 54.7 Å². The molecule has 25 heavy (non-hydrogen) atoms. The van der Waals surface area contributed by atoms with Crippen LogP contribution in [0.25, 0.3) is 10.9 Å². The monoisotopic (exact) mass is 354 g/mol. The molecular weight excluding hydrogens is 336 g/mol. The molecule has 0 bridgehead atoms. The molecule has 2 atom stereocenters. The summed E-state index contributed by atoms with van der Waals surface area (Å²) in [6.07, 6.45) is 2.75. The number of carbonyl (C=O) groups is 1. The van der Waals surface area contributed by atoms with E-state index in [0.29, 0.717) is 19.6 Å². The van der Waals surface area contributed by atoms with Crippen molar-refractivity contribution in [2.45, 2.75) is 18.4 Å². The third-order valence-corrected chi connectivity index (χ3v) is 5.13. The van der Waals surface area contributed by atoms with E-state index >= 15 is 0 Å². The lowest BCUT2D eigenvalue weighted by molar-refractivity contribution is -0.139. The van der Waals surface area contributed by atoms with Crippen molar-refractivity contribution < 1.29 is 9.53 Å². The third kappa shape index (κ3) is 3.15. The van der Waals surface area contributed by atoms with E-state index in [0.717, 1.165) is 16.1 Å². The maximum Gasteiger partial charge on any atom is 0.323 e.